The Labute approximate surface area is 131 Å². The fourth-order valence-corrected chi connectivity index (χ4v) is 2.69. The molecule has 21 heavy (non-hydrogen) atoms. The number of ketones is 1. The summed E-state index contributed by atoms with van der Waals surface area (Å²) in [5, 5.41) is 0. The highest BCUT2D eigenvalue weighted by molar-refractivity contribution is 8.00. The highest BCUT2D eigenvalue weighted by atomic mass is 32.2. The van der Waals surface area contributed by atoms with Gasteiger partial charge in [-0.15, -0.1) is 11.8 Å². The van der Waals surface area contributed by atoms with E-state index in [1.54, 1.807) is 24.1 Å². The van der Waals surface area contributed by atoms with Gasteiger partial charge < -0.3 is 10.6 Å². The van der Waals surface area contributed by atoms with Crippen LogP contribution in [0.1, 0.15) is 24.2 Å². The maximum absolute atomic E-state index is 12.0. The second-order valence-electron chi connectivity index (χ2n) is 5.90. The van der Waals surface area contributed by atoms with Gasteiger partial charge in [0.15, 0.2) is 5.78 Å². The third-order valence-electron chi connectivity index (χ3n) is 3.20. The zero-order valence-electron chi connectivity index (χ0n) is 13.0. The molecule has 5 heteroatoms. The number of rotatable bonds is 8. The molecule has 0 aliphatic carbocycles. The van der Waals surface area contributed by atoms with Crippen LogP contribution in [-0.4, -0.2) is 48.2 Å². The highest BCUT2D eigenvalue weighted by Crippen LogP contribution is 2.15. The Kier molecular flexibility index (Phi) is 6.92. The number of nitrogens with two attached hydrogens (primary N) is 1. The van der Waals surface area contributed by atoms with Crippen molar-refractivity contribution in [1.29, 1.82) is 0 Å². The van der Waals surface area contributed by atoms with Crippen LogP contribution in [0.15, 0.2) is 30.3 Å². The summed E-state index contributed by atoms with van der Waals surface area (Å²) in [6, 6.07) is 9.14. The van der Waals surface area contributed by atoms with Gasteiger partial charge in [0.1, 0.15) is 0 Å². The summed E-state index contributed by atoms with van der Waals surface area (Å²) >= 11 is 1.35. The van der Waals surface area contributed by atoms with Gasteiger partial charge in [-0.05, 0) is 12.0 Å². The summed E-state index contributed by atoms with van der Waals surface area (Å²) in [6.45, 7) is 5.21. The van der Waals surface area contributed by atoms with E-state index in [-0.39, 0.29) is 17.1 Å². The number of carbonyl (C=O) groups excluding carboxylic acids is 2. The van der Waals surface area contributed by atoms with Gasteiger partial charge in [-0.3, -0.25) is 9.59 Å². The summed E-state index contributed by atoms with van der Waals surface area (Å²) in [7, 11) is 1.78. The standard InChI is InChI=1S/C16H24N2O2S/c1-16(2,11-17)12-18(3)15(20)10-21-9-14(19)13-7-5-4-6-8-13/h4-8H,9-12,17H2,1-3H3. The molecule has 0 saturated carbocycles. The summed E-state index contributed by atoms with van der Waals surface area (Å²) in [4.78, 5) is 25.6. The zero-order valence-corrected chi connectivity index (χ0v) is 13.8. The van der Waals surface area contributed by atoms with Gasteiger partial charge in [0, 0.05) is 19.2 Å². The van der Waals surface area contributed by atoms with E-state index < -0.39 is 0 Å². The number of hydrogen-bond donors (Lipinski definition) is 1. The Bertz CT molecular complexity index is 474. The molecule has 0 saturated heterocycles. The Morgan fingerprint density at radius 1 is 1.19 bits per heavy atom. The van der Waals surface area contributed by atoms with Gasteiger partial charge in [-0.25, -0.2) is 0 Å². The molecule has 0 fully saturated rings. The van der Waals surface area contributed by atoms with Crippen LogP contribution in [0, 0.1) is 5.41 Å². The average molecular weight is 308 g/mol. The summed E-state index contributed by atoms with van der Waals surface area (Å²) in [5.74, 6) is 0.722. The molecular formula is C16H24N2O2S. The van der Waals surface area contributed by atoms with Gasteiger partial charge in [0.05, 0.1) is 11.5 Å². The molecule has 2 N–H and O–H groups in total. The van der Waals surface area contributed by atoms with Crippen molar-refractivity contribution in [2.75, 3.05) is 31.6 Å². The van der Waals surface area contributed by atoms with Gasteiger partial charge in [0.25, 0.3) is 0 Å². The summed E-state index contributed by atoms with van der Waals surface area (Å²) < 4.78 is 0. The van der Waals surface area contributed by atoms with E-state index in [0.29, 0.717) is 30.2 Å². The molecule has 1 rings (SSSR count). The first-order chi connectivity index (χ1) is 9.85. The van der Waals surface area contributed by atoms with E-state index in [4.69, 9.17) is 5.73 Å². The minimum atomic E-state index is -0.0884. The van der Waals surface area contributed by atoms with Crippen molar-refractivity contribution in [2.45, 2.75) is 13.8 Å². The maximum Gasteiger partial charge on any atom is 0.232 e. The Hall–Kier alpha value is -1.33. The van der Waals surface area contributed by atoms with Crippen LogP contribution in [0.5, 0.6) is 0 Å². The van der Waals surface area contributed by atoms with Gasteiger partial charge in [-0.1, -0.05) is 44.2 Å². The predicted molar refractivity (Wildman–Crippen MR) is 88.6 cm³/mol. The lowest BCUT2D eigenvalue weighted by Crippen LogP contribution is -2.40. The molecule has 0 radical (unpaired) electrons. The maximum atomic E-state index is 12.0. The van der Waals surface area contributed by atoms with Gasteiger partial charge >= 0.3 is 0 Å². The third-order valence-corrected chi connectivity index (χ3v) is 4.12. The van der Waals surface area contributed by atoms with E-state index in [0.717, 1.165) is 0 Å². The van der Waals surface area contributed by atoms with Crippen molar-refractivity contribution in [3.05, 3.63) is 35.9 Å². The normalized spacial score (nSPS) is 11.2. The van der Waals surface area contributed by atoms with Crippen LogP contribution in [0.4, 0.5) is 0 Å². The van der Waals surface area contributed by atoms with Crippen LogP contribution in [0.2, 0.25) is 0 Å². The quantitative estimate of drug-likeness (QED) is 0.747. The number of Topliss-reactive ketones (excluding diaryl/α,β-unsaturated/α-hetero) is 1. The number of amides is 1. The van der Waals surface area contributed by atoms with Crippen LogP contribution >= 0.6 is 11.8 Å². The molecular weight excluding hydrogens is 284 g/mol. The van der Waals surface area contributed by atoms with Crippen molar-refractivity contribution in [3.8, 4) is 0 Å². The second kappa shape index (κ2) is 8.20. The number of carbonyl (C=O) groups is 2. The monoisotopic (exact) mass is 308 g/mol. The van der Waals surface area contributed by atoms with E-state index in [1.165, 1.54) is 11.8 Å². The fourth-order valence-electron chi connectivity index (χ4n) is 1.84. The molecule has 1 aromatic rings. The van der Waals surface area contributed by atoms with Gasteiger partial charge in [0.2, 0.25) is 5.91 Å². The lowest BCUT2D eigenvalue weighted by molar-refractivity contribution is -0.128. The minimum Gasteiger partial charge on any atom is -0.344 e. The van der Waals surface area contributed by atoms with Crippen LogP contribution in [0.25, 0.3) is 0 Å². The largest absolute Gasteiger partial charge is 0.344 e. The highest BCUT2D eigenvalue weighted by Gasteiger charge is 2.21. The smallest absolute Gasteiger partial charge is 0.232 e. The fraction of sp³-hybridized carbons (Fsp3) is 0.500. The molecule has 116 valence electrons. The van der Waals surface area contributed by atoms with Crippen molar-refractivity contribution in [3.63, 3.8) is 0 Å². The molecule has 0 unspecified atom stereocenters. The van der Waals surface area contributed by atoms with E-state index >= 15 is 0 Å². The second-order valence-corrected chi connectivity index (χ2v) is 6.89. The van der Waals surface area contributed by atoms with Crippen LogP contribution in [0.3, 0.4) is 0 Å². The minimum absolute atomic E-state index is 0.0300. The first-order valence-electron chi connectivity index (χ1n) is 6.96. The Balaban J connectivity index is 2.35. The third kappa shape index (κ3) is 6.31. The van der Waals surface area contributed by atoms with Gasteiger partial charge in [-0.2, -0.15) is 0 Å². The molecule has 0 spiro atoms. The molecule has 0 aliphatic rings. The summed E-state index contributed by atoms with van der Waals surface area (Å²) in [6.07, 6.45) is 0. The molecule has 0 bridgehead atoms. The summed E-state index contributed by atoms with van der Waals surface area (Å²) in [5.41, 5.74) is 6.27. The van der Waals surface area contributed by atoms with E-state index in [1.807, 2.05) is 32.0 Å². The lowest BCUT2D eigenvalue weighted by Gasteiger charge is -2.29. The number of hydrogen-bond acceptors (Lipinski definition) is 4. The number of benzene rings is 1. The van der Waals surface area contributed by atoms with Crippen LogP contribution in [-0.2, 0) is 4.79 Å². The molecule has 1 amide bonds. The van der Waals surface area contributed by atoms with E-state index in [9.17, 15) is 9.59 Å². The first-order valence-corrected chi connectivity index (χ1v) is 8.11. The van der Waals surface area contributed by atoms with Crippen molar-refractivity contribution in [2.24, 2.45) is 11.1 Å². The van der Waals surface area contributed by atoms with Crippen molar-refractivity contribution in [1.82, 2.24) is 4.90 Å². The first kappa shape index (κ1) is 17.7. The molecule has 1 aromatic carbocycles. The molecule has 0 aliphatic heterocycles. The van der Waals surface area contributed by atoms with Crippen molar-refractivity contribution < 1.29 is 9.59 Å². The topological polar surface area (TPSA) is 63.4 Å². The molecule has 0 heterocycles. The van der Waals surface area contributed by atoms with E-state index in [2.05, 4.69) is 0 Å². The SMILES string of the molecule is CN(CC(C)(C)CN)C(=O)CSCC(=O)c1ccccc1. The zero-order chi connectivity index (χ0) is 15.9. The Morgan fingerprint density at radius 2 is 1.81 bits per heavy atom. The molecule has 0 aromatic heterocycles. The average Bonchev–Trinajstić information content (AvgIpc) is 2.47. The predicted octanol–water partition coefficient (Wildman–Crippen LogP) is 2.05. The van der Waals surface area contributed by atoms with Crippen molar-refractivity contribution >= 4 is 23.5 Å². The Morgan fingerprint density at radius 3 is 2.38 bits per heavy atom. The van der Waals surface area contributed by atoms with Crippen LogP contribution < -0.4 is 5.73 Å². The number of nitrogens with zero attached hydrogens (tertiary/aromatic N) is 1. The molecule has 0 atom stereocenters. The number of thioether (sulfide) groups is 1. The molecule has 4 nitrogen and oxygen atoms in total. The lowest BCUT2D eigenvalue weighted by atomic mass is 9.93.